The first-order valence-electron chi connectivity index (χ1n) is 6.03. The van der Waals surface area contributed by atoms with E-state index in [-0.39, 0.29) is 23.3 Å². The number of phenols is 1. The van der Waals surface area contributed by atoms with E-state index in [1.807, 2.05) is 13.8 Å². The molecule has 0 aromatic heterocycles. The molecule has 6 nitrogen and oxygen atoms in total. The molecule has 0 radical (unpaired) electrons. The van der Waals surface area contributed by atoms with Crippen molar-refractivity contribution in [2.24, 2.45) is 0 Å². The molecule has 0 aliphatic carbocycles. The molecule has 6 heteroatoms. The Labute approximate surface area is 111 Å². The minimum Gasteiger partial charge on any atom is -0.507 e. The van der Waals surface area contributed by atoms with Gasteiger partial charge in [-0.05, 0) is 25.6 Å². The van der Waals surface area contributed by atoms with Gasteiger partial charge in [0.25, 0.3) is 0 Å². The predicted octanol–water partition coefficient (Wildman–Crippen LogP) is 1.42. The molecule has 0 fully saturated rings. The van der Waals surface area contributed by atoms with E-state index in [9.17, 15) is 14.7 Å². The maximum absolute atomic E-state index is 11.7. The highest BCUT2D eigenvalue weighted by Gasteiger charge is 2.12. The monoisotopic (exact) mass is 266 g/mol. The molecule has 0 aliphatic rings. The van der Waals surface area contributed by atoms with Gasteiger partial charge in [0.1, 0.15) is 11.3 Å². The van der Waals surface area contributed by atoms with Crippen LogP contribution in [0, 0.1) is 0 Å². The van der Waals surface area contributed by atoms with Crippen LogP contribution in [0.2, 0.25) is 0 Å². The van der Waals surface area contributed by atoms with E-state index in [0.29, 0.717) is 12.1 Å². The lowest BCUT2D eigenvalue weighted by Gasteiger charge is -2.12. The van der Waals surface area contributed by atoms with Crippen molar-refractivity contribution in [2.75, 3.05) is 11.9 Å². The number of carbonyl (C=O) groups excluding carboxylic acids is 1. The van der Waals surface area contributed by atoms with Crippen LogP contribution in [-0.4, -0.2) is 34.7 Å². The Morgan fingerprint density at radius 2 is 2.05 bits per heavy atom. The third-order valence-corrected chi connectivity index (χ3v) is 2.56. The number of aromatic carboxylic acids is 1. The zero-order chi connectivity index (χ0) is 14.4. The quantitative estimate of drug-likeness (QED) is 0.624. The minimum absolute atomic E-state index is 0.0527. The first kappa shape index (κ1) is 15.0. The fourth-order valence-electron chi connectivity index (χ4n) is 1.70. The standard InChI is InChI=1S/C13H18N2O4/c1-3-14-8(2)6-12(17)15-9-4-5-10(13(18)19)11(16)7-9/h4-5,7-8,14,16H,3,6H2,1-2H3,(H,15,17)(H,18,19). The fourth-order valence-corrected chi connectivity index (χ4v) is 1.70. The summed E-state index contributed by atoms with van der Waals surface area (Å²) in [6.45, 7) is 4.63. The molecule has 0 saturated carbocycles. The third kappa shape index (κ3) is 4.59. The molecule has 0 saturated heterocycles. The lowest BCUT2D eigenvalue weighted by atomic mass is 10.1. The average molecular weight is 266 g/mol. The van der Waals surface area contributed by atoms with Crippen LogP contribution in [0.3, 0.4) is 0 Å². The molecule has 1 aromatic carbocycles. The van der Waals surface area contributed by atoms with Crippen molar-refractivity contribution in [2.45, 2.75) is 26.3 Å². The van der Waals surface area contributed by atoms with Crippen molar-refractivity contribution in [3.8, 4) is 5.75 Å². The predicted molar refractivity (Wildman–Crippen MR) is 71.5 cm³/mol. The normalized spacial score (nSPS) is 11.9. The molecule has 0 bridgehead atoms. The Kier molecular flexibility index (Phi) is 5.32. The van der Waals surface area contributed by atoms with Gasteiger partial charge in [0.15, 0.2) is 0 Å². The largest absolute Gasteiger partial charge is 0.507 e. The number of hydrogen-bond acceptors (Lipinski definition) is 4. The lowest BCUT2D eigenvalue weighted by Crippen LogP contribution is -2.30. The van der Waals surface area contributed by atoms with Crippen LogP contribution in [0.5, 0.6) is 5.75 Å². The van der Waals surface area contributed by atoms with Crippen molar-refractivity contribution >= 4 is 17.6 Å². The van der Waals surface area contributed by atoms with Crippen molar-refractivity contribution in [1.82, 2.24) is 5.32 Å². The van der Waals surface area contributed by atoms with Gasteiger partial charge in [-0.15, -0.1) is 0 Å². The smallest absolute Gasteiger partial charge is 0.339 e. The van der Waals surface area contributed by atoms with E-state index in [1.165, 1.54) is 18.2 Å². The van der Waals surface area contributed by atoms with Gasteiger partial charge in [-0.3, -0.25) is 4.79 Å². The van der Waals surface area contributed by atoms with Gasteiger partial charge in [0.2, 0.25) is 5.91 Å². The van der Waals surface area contributed by atoms with Crippen molar-refractivity contribution in [3.63, 3.8) is 0 Å². The molecule has 1 amide bonds. The van der Waals surface area contributed by atoms with Gasteiger partial charge >= 0.3 is 5.97 Å². The van der Waals surface area contributed by atoms with Crippen LogP contribution in [-0.2, 0) is 4.79 Å². The number of amides is 1. The number of nitrogens with one attached hydrogen (secondary N) is 2. The molecular formula is C13H18N2O4. The number of hydrogen-bond donors (Lipinski definition) is 4. The highest BCUT2D eigenvalue weighted by atomic mass is 16.4. The second kappa shape index (κ2) is 6.75. The zero-order valence-corrected chi connectivity index (χ0v) is 10.9. The number of aromatic hydroxyl groups is 1. The number of anilines is 1. The van der Waals surface area contributed by atoms with Gasteiger partial charge in [-0.2, -0.15) is 0 Å². The SMILES string of the molecule is CCNC(C)CC(=O)Nc1ccc(C(=O)O)c(O)c1. The van der Waals surface area contributed by atoms with Crippen LogP contribution in [0.15, 0.2) is 18.2 Å². The van der Waals surface area contributed by atoms with Crippen LogP contribution in [0.25, 0.3) is 0 Å². The number of rotatable bonds is 6. The van der Waals surface area contributed by atoms with Gasteiger partial charge in [0.05, 0.1) is 0 Å². The van der Waals surface area contributed by atoms with Crippen molar-refractivity contribution in [1.29, 1.82) is 0 Å². The van der Waals surface area contributed by atoms with E-state index < -0.39 is 5.97 Å². The topological polar surface area (TPSA) is 98.7 Å². The van der Waals surface area contributed by atoms with Gasteiger partial charge < -0.3 is 20.8 Å². The van der Waals surface area contributed by atoms with Crippen molar-refractivity contribution in [3.05, 3.63) is 23.8 Å². The van der Waals surface area contributed by atoms with E-state index >= 15 is 0 Å². The maximum Gasteiger partial charge on any atom is 0.339 e. The summed E-state index contributed by atoms with van der Waals surface area (Å²) in [4.78, 5) is 22.4. The van der Waals surface area contributed by atoms with Gasteiger partial charge in [0, 0.05) is 24.2 Å². The van der Waals surface area contributed by atoms with Crippen LogP contribution in [0.4, 0.5) is 5.69 Å². The van der Waals surface area contributed by atoms with E-state index in [2.05, 4.69) is 10.6 Å². The highest BCUT2D eigenvalue weighted by molar-refractivity contribution is 5.94. The first-order chi connectivity index (χ1) is 8.93. The molecule has 104 valence electrons. The number of benzene rings is 1. The van der Waals surface area contributed by atoms with Crippen LogP contribution in [0.1, 0.15) is 30.6 Å². The molecular weight excluding hydrogens is 248 g/mol. The van der Waals surface area contributed by atoms with Crippen LogP contribution < -0.4 is 10.6 Å². The van der Waals surface area contributed by atoms with Gasteiger partial charge in [-0.25, -0.2) is 4.79 Å². The molecule has 0 spiro atoms. The summed E-state index contributed by atoms with van der Waals surface area (Å²) < 4.78 is 0. The highest BCUT2D eigenvalue weighted by Crippen LogP contribution is 2.22. The number of carboxylic acid groups (broad SMARTS) is 1. The Bertz CT molecular complexity index is 474. The Hall–Kier alpha value is -2.08. The second-order valence-corrected chi connectivity index (χ2v) is 4.25. The zero-order valence-electron chi connectivity index (χ0n) is 10.9. The van der Waals surface area contributed by atoms with E-state index in [4.69, 9.17) is 5.11 Å². The summed E-state index contributed by atoms with van der Waals surface area (Å²) >= 11 is 0. The third-order valence-electron chi connectivity index (χ3n) is 2.56. The van der Waals surface area contributed by atoms with Crippen molar-refractivity contribution < 1.29 is 19.8 Å². The molecule has 1 unspecified atom stereocenters. The molecule has 1 rings (SSSR count). The Morgan fingerprint density at radius 1 is 1.37 bits per heavy atom. The lowest BCUT2D eigenvalue weighted by molar-refractivity contribution is -0.116. The first-order valence-corrected chi connectivity index (χ1v) is 6.03. The summed E-state index contributed by atoms with van der Waals surface area (Å²) in [6.07, 6.45) is 0.301. The van der Waals surface area contributed by atoms with Crippen LogP contribution >= 0.6 is 0 Å². The number of carbonyl (C=O) groups is 2. The summed E-state index contributed by atoms with van der Waals surface area (Å²) in [6, 6.07) is 3.97. The summed E-state index contributed by atoms with van der Waals surface area (Å²) in [5.74, 6) is -1.78. The summed E-state index contributed by atoms with van der Waals surface area (Å²) in [5.41, 5.74) is 0.176. The van der Waals surface area contributed by atoms with E-state index in [0.717, 1.165) is 6.54 Å². The Balaban J connectivity index is 2.65. The molecule has 4 N–H and O–H groups in total. The fraction of sp³-hybridized carbons (Fsp3) is 0.385. The number of carboxylic acids is 1. The second-order valence-electron chi connectivity index (χ2n) is 4.25. The molecule has 0 heterocycles. The molecule has 0 aliphatic heterocycles. The average Bonchev–Trinajstić information content (AvgIpc) is 2.28. The Morgan fingerprint density at radius 3 is 2.58 bits per heavy atom. The molecule has 1 aromatic rings. The minimum atomic E-state index is -1.21. The maximum atomic E-state index is 11.7. The molecule has 1 atom stereocenters. The van der Waals surface area contributed by atoms with Gasteiger partial charge in [-0.1, -0.05) is 6.92 Å². The summed E-state index contributed by atoms with van der Waals surface area (Å²) in [7, 11) is 0. The van der Waals surface area contributed by atoms with E-state index in [1.54, 1.807) is 0 Å². The summed E-state index contributed by atoms with van der Waals surface area (Å²) in [5, 5.41) is 24.0. The molecule has 19 heavy (non-hydrogen) atoms.